The molecule has 94 valence electrons. The van der Waals surface area contributed by atoms with Crippen molar-refractivity contribution in [2.24, 2.45) is 0 Å². The van der Waals surface area contributed by atoms with Crippen molar-refractivity contribution in [3.05, 3.63) is 22.9 Å². The molecule has 1 unspecified atom stereocenters. The van der Waals surface area contributed by atoms with Crippen LogP contribution in [0.4, 0.5) is 0 Å². The molecule has 17 heavy (non-hydrogen) atoms. The molecule has 7 heteroatoms. The van der Waals surface area contributed by atoms with E-state index in [1.54, 1.807) is 13.8 Å². The normalized spacial score (nSPS) is 12.4. The van der Waals surface area contributed by atoms with E-state index in [1.807, 2.05) is 0 Å². The molecule has 7 nitrogen and oxygen atoms in total. The van der Waals surface area contributed by atoms with Gasteiger partial charge in [-0.1, -0.05) is 0 Å². The Hall–Kier alpha value is -2.05. The standard InChI is InChI=1S/C10H14N2O5/c1-6-7(2)12(17)5-11(6)8(10(15)16)3-4-9(13)14/h5,8H,3-4H2,1-2H3,(H,13,14)(H,15,16). The number of aromatic nitrogens is 2. The number of carboxylic acids is 2. The van der Waals surface area contributed by atoms with Gasteiger partial charge >= 0.3 is 11.9 Å². The smallest absolute Gasteiger partial charge is 0.349 e. The van der Waals surface area contributed by atoms with Crippen LogP contribution in [0.1, 0.15) is 30.3 Å². The molecule has 1 heterocycles. The predicted molar refractivity (Wildman–Crippen MR) is 56.4 cm³/mol. The number of carbonyl (C=O) groups is 2. The third-order valence-electron chi connectivity index (χ3n) is 2.72. The molecular weight excluding hydrogens is 228 g/mol. The molecule has 0 amide bonds. The summed E-state index contributed by atoms with van der Waals surface area (Å²) in [6.45, 7) is 3.20. The molecule has 0 aromatic carbocycles. The molecule has 0 fully saturated rings. The zero-order chi connectivity index (χ0) is 13.2. The first-order valence-corrected chi connectivity index (χ1v) is 5.06. The summed E-state index contributed by atoms with van der Waals surface area (Å²) in [6.07, 6.45) is 0.817. The highest BCUT2D eigenvalue weighted by atomic mass is 16.5. The van der Waals surface area contributed by atoms with Crippen LogP contribution in [0.2, 0.25) is 0 Å². The monoisotopic (exact) mass is 242 g/mol. The van der Waals surface area contributed by atoms with Gasteiger partial charge in [-0.05, 0) is 0 Å². The van der Waals surface area contributed by atoms with Gasteiger partial charge in [0.25, 0.3) is 0 Å². The van der Waals surface area contributed by atoms with Crippen molar-refractivity contribution in [3.63, 3.8) is 0 Å². The van der Waals surface area contributed by atoms with E-state index in [9.17, 15) is 14.8 Å². The van der Waals surface area contributed by atoms with Crippen LogP contribution in [0.3, 0.4) is 0 Å². The van der Waals surface area contributed by atoms with Gasteiger partial charge in [0.2, 0.25) is 6.33 Å². The molecule has 2 N–H and O–H groups in total. The second-order valence-corrected chi connectivity index (χ2v) is 3.81. The van der Waals surface area contributed by atoms with Gasteiger partial charge in [-0.15, -0.1) is 0 Å². The largest absolute Gasteiger partial charge is 0.711 e. The lowest BCUT2D eigenvalue weighted by Crippen LogP contribution is -2.27. The molecule has 0 aliphatic heterocycles. The first-order valence-electron chi connectivity index (χ1n) is 5.06. The molecule has 1 aromatic heterocycles. The molecule has 0 bridgehead atoms. The number of carboxylic acid groups (broad SMARTS) is 2. The Balaban J connectivity index is 3.01. The van der Waals surface area contributed by atoms with Crippen LogP contribution in [0.5, 0.6) is 0 Å². The van der Waals surface area contributed by atoms with Gasteiger partial charge in [0.1, 0.15) is 11.4 Å². The van der Waals surface area contributed by atoms with Crippen molar-refractivity contribution >= 4 is 11.9 Å². The molecule has 0 aliphatic carbocycles. The van der Waals surface area contributed by atoms with Crippen LogP contribution in [0.15, 0.2) is 6.33 Å². The Bertz CT molecular complexity index is 452. The minimum absolute atomic E-state index is 0.0559. The quantitative estimate of drug-likeness (QED) is 0.567. The SMILES string of the molecule is Cc1c(C)[n+]([O-])cn1C(CCC(=O)O)C(=O)O. The third-order valence-corrected chi connectivity index (χ3v) is 2.72. The third kappa shape index (κ3) is 2.74. The maximum atomic E-state index is 11.3. The lowest BCUT2D eigenvalue weighted by molar-refractivity contribution is -0.611. The molecule has 1 aromatic rings. The highest BCUT2D eigenvalue weighted by molar-refractivity contribution is 5.73. The van der Waals surface area contributed by atoms with Gasteiger partial charge in [-0.3, -0.25) is 4.79 Å². The Kier molecular flexibility index (Phi) is 3.72. The second kappa shape index (κ2) is 4.86. The molecule has 1 atom stereocenters. The maximum Gasteiger partial charge on any atom is 0.349 e. The average molecular weight is 242 g/mol. The van der Waals surface area contributed by atoms with E-state index in [0.717, 1.165) is 6.33 Å². The zero-order valence-corrected chi connectivity index (χ0v) is 9.58. The van der Waals surface area contributed by atoms with E-state index >= 15 is 0 Å². The highest BCUT2D eigenvalue weighted by Gasteiger charge is 2.28. The Morgan fingerprint density at radius 2 is 2.06 bits per heavy atom. The molecule has 0 saturated heterocycles. The van der Waals surface area contributed by atoms with E-state index in [4.69, 9.17) is 10.2 Å². The topological polar surface area (TPSA) is 106 Å². The van der Waals surface area contributed by atoms with Crippen LogP contribution in [0.25, 0.3) is 0 Å². The Morgan fingerprint density at radius 1 is 1.47 bits per heavy atom. The van der Waals surface area contributed by atoms with Crippen LogP contribution >= 0.6 is 0 Å². The zero-order valence-electron chi connectivity index (χ0n) is 9.58. The van der Waals surface area contributed by atoms with Crippen LogP contribution in [-0.4, -0.2) is 26.7 Å². The van der Waals surface area contributed by atoms with E-state index in [0.29, 0.717) is 16.1 Å². The number of nitrogens with zero attached hydrogens (tertiary/aromatic N) is 2. The van der Waals surface area contributed by atoms with Gasteiger partial charge in [0.15, 0.2) is 6.04 Å². The molecule has 0 saturated carbocycles. The first kappa shape index (κ1) is 13.0. The summed E-state index contributed by atoms with van der Waals surface area (Å²) < 4.78 is 1.87. The number of rotatable bonds is 5. The van der Waals surface area contributed by atoms with Gasteiger partial charge in [-0.25, -0.2) is 14.1 Å². The van der Waals surface area contributed by atoms with Gasteiger partial charge < -0.3 is 15.4 Å². The summed E-state index contributed by atoms with van der Waals surface area (Å²) in [4.78, 5) is 21.5. The van der Waals surface area contributed by atoms with Crippen molar-refractivity contribution in [2.45, 2.75) is 32.7 Å². The minimum Gasteiger partial charge on any atom is -0.711 e. The van der Waals surface area contributed by atoms with E-state index in [-0.39, 0.29) is 12.8 Å². The number of aliphatic carboxylic acids is 2. The average Bonchev–Trinajstić information content (AvgIpc) is 2.46. The van der Waals surface area contributed by atoms with Crippen molar-refractivity contribution in [1.82, 2.24) is 4.57 Å². The van der Waals surface area contributed by atoms with Crippen molar-refractivity contribution in [2.75, 3.05) is 0 Å². The summed E-state index contributed by atoms with van der Waals surface area (Å²) in [5, 5.41) is 28.9. The summed E-state index contributed by atoms with van der Waals surface area (Å²) in [5.74, 6) is -2.21. The predicted octanol–water partition coefficient (Wildman–Crippen LogP) is 0.229. The number of imidazole rings is 1. The van der Waals surface area contributed by atoms with Crippen molar-refractivity contribution in [3.8, 4) is 0 Å². The molecule has 0 spiro atoms. The highest BCUT2D eigenvalue weighted by Crippen LogP contribution is 2.17. The summed E-state index contributed by atoms with van der Waals surface area (Å²) in [7, 11) is 0. The van der Waals surface area contributed by atoms with Crippen molar-refractivity contribution < 1.29 is 24.5 Å². The Labute approximate surface area is 97.5 Å². The Morgan fingerprint density at radius 3 is 2.41 bits per heavy atom. The molecule has 1 rings (SSSR count). The second-order valence-electron chi connectivity index (χ2n) is 3.81. The molecule has 0 radical (unpaired) electrons. The molecular formula is C10H14N2O5. The lowest BCUT2D eigenvalue weighted by Gasteiger charge is -2.08. The number of hydrogen-bond donors (Lipinski definition) is 2. The maximum absolute atomic E-state index is 11.3. The fraction of sp³-hybridized carbons (Fsp3) is 0.500. The van der Waals surface area contributed by atoms with Gasteiger partial charge in [0.05, 0.1) is 0 Å². The fourth-order valence-corrected chi connectivity index (χ4v) is 1.59. The molecule has 0 aliphatic rings. The van der Waals surface area contributed by atoms with Gasteiger partial charge in [0, 0.05) is 26.7 Å². The first-order chi connectivity index (χ1) is 7.84. The fourth-order valence-electron chi connectivity index (χ4n) is 1.59. The van der Waals surface area contributed by atoms with Crippen LogP contribution in [-0.2, 0) is 9.59 Å². The van der Waals surface area contributed by atoms with E-state index in [2.05, 4.69) is 0 Å². The van der Waals surface area contributed by atoms with Gasteiger partial charge in [-0.2, -0.15) is 0 Å². The van der Waals surface area contributed by atoms with Crippen molar-refractivity contribution in [1.29, 1.82) is 0 Å². The summed E-state index contributed by atoms with van der Waals surface area (Å²) in [6, 6.07) is -1.03. The lowest BCUT2D eigenvalue weighted by atomic mass is 10.1. The van der Waals surface area contributed by atoms with Crippen LogP contribution in [0, 0.1) is 19.1 Å². The summed E-state index contributed by atoms with van der Waals surface area (Å²) >= 11 is 0. The van der Waals surface area contributed by atoms with E-state index in [1.165, 1.54) is 4.57 Å². The van der Waals surface area contributed by atoms with Crippen LogP contribution < -0.4 is 4.73 Å². The summed E-state index contributed by atoms with van der Waals surface area (Å²) in [5.41, 5.74) is 0.935. The van der Waals surface area contributed by atoms with E-state index < -0.39 is 18.0 Å². The minimum atomic E-state index is -1.15. The number of hydrogen-bond acceptors (Lipinski definition) is 3.